The van der Waals surface area contributed by atoms with Gasteiger partial charge in [0.1, 0.15) is 5.65 Å². The molecule has 0 unspecified atom stereocenters. The van der Waals surface area contributed by atoms with E-state index in [9.17, 15) is 9.50 Å². The monoisotopic (exact) mass is 324 g/mol. The molecule has 3 nitrogen and oxygen atoms in total. The van der Waals surface area contributed by atoms with Gasteiger partial charge in [0.2, 0.25) is 0 Å². The number of H-pyrrole nitrogens is 1. The number of phenols is 1. The Balaban J connectivity index is 1.96. The van der Waals surface area contributed by atoms with Gasteiger partial charge in [0, 0.05) is 34.5 Å². The van der Waals surface area contributed by atoms with Gasteiger partial charge in [-0.2, -0.15) is 11.3 Å². The molecule has 0 saturated heterocycles. The molecule has 4 aromatic rings. The van der Waals surface area contributed by atoms with Crippen LogP contribution in [0.1, 0.15) is 5.56 Å². The van der Waals surface area contributed by atoms with Gasteiger partial charge < -0.3 is 10.1 Å². The summed E-state index contributed by atoms with van der Waals surface area (Å²) in [6.07, 6.45) is 3.56. The second-order valence-electron chi connectivity index (χ2n) is 5.48. The van der Waals surface area contributed by atoms with E-state index in [2.05, 4.69) is 15.3 Å². The molecule has 2 N–H and O–H groups in total. The zero-order valence-corrected chi connectivity index (χ0v) is 13.1. The van der Waals surface area contributed by atoms with E-state index in [0.29, 0.717) is 11.2 Å². The number of aromatic amines is 1. The number of aromatic hydroxyl groups is 1. The fourth-order valence-corrected chi connectivity index (χ4v) is 3.42. The van der Waals surface area contributed by atoms with Crippen LogP contribution in [0.3, 0.4) is 0 Å². The molecule has 0 amide bonds. The highest BCUT2D eigenvalue weighted by Crippen LogP contribution is 2.37. The van der Waals surface area contributed by atoms with E-state index in [1.165, 1.54) is 6.07 Å². The van der Waals surface area contributed by atoms with E-state index in [-0.39, 0.29) is 5.75 Å². The van der Waals surface area contributed by atoms with Crippen LogP contribution in [-0.4, -0.2) is 15.1 Å². The van der Waals surface area contributed by atoms with Crippen LogP contribution in [0.4, 0.5) is 4.39 Å². The van der Waals surface area contributed by atoms with Crippen molar-refractivity contribution in [3.63, 3.8) is 0 Å². The Bertz CT molecular complexity index is 1010. The van der Waals surface area contributed by atoms with Gasteiger partial charge in [0.15, 0.2) is 11.6 Å². The Hall–Kier alpha value is -2.66. The summed E-state index contributed by atoms with van der Waals surface area (Å²) in [4.78, 5) is 7.51. The van der Waals surface area contributed by atoms with Gasteiger partial charge in [-0.05, 0) is 53.1 Å². The van der Waals surface area contributed by atoms with Gasteiger partial charge in [-0.25, -0.2) is 9.37 Å². The van der Waals surface area contributed by atoms with E-state index in [0.717, 1.165) is 27.6 Å². The number of benzene rings is 1. The zero-order chi connectivity index (χ0) is 16.0. The third-order valence-corrected chi connectivity index (χ3v) is 4.57. The van der Waals surface area contributed by atoms with Crippen molar-refractivity contribution in [2.24, 2.45) is 0 Å². The SMILES string of the molecule is Cc1cc(F)c(O)c(-c2c[nH]c3ncc(-c4ccsc4)cc23)c1. The average molecular weight is 324 g/mol. The summed E-state index contributed by atoms with van der Waals surface area (Å²) in [5.74, 6) is -0.950. The maximum atomic E-state index is 13.9. The van der Waals surface area contributed by atoms with Crippen LogP contribution < -0.4 is 0 Å². The predicted octanol–water partition coefficient (Wildman–Crippen LogP) is 5.11. The molecule has 0 atom stereocenters. The van der Waals surface area contributed by atoms with E-state index in [1.54, 1.807) is 36.7 Å². The Morgan fingerprint density at radius 1 is 1.17 bits per heavy atom. The summed E-state index contributed by atoms with van der Waals surface area (Å²) in [5, 5.41) is 15.0. The zero-order valence-electron chi connectivity index (χ0n) is 12.3. The number of phenolic OH excluding ortho intramolecular Hbond substituents is 1. The van der Waals surface area contributed by atoms with Gasteiger partial charge in [0.05, 0.1) is 0 Å². The first kappa shape index (κ1) is 14.0. The van der Waals surface area contributed by atoms with Crippen molar-refractivity contribution in [1.82, 2.24) is 9.97 Å². The number of aryl methyl sites for hydroxylation is 1. The fraction of sp³-hybridized carbons (Fsp3) is 0.0556. The minimum Gasteiger partial charge on any atom is -0.504 e. The quantitative estimate of drug-likeness (QED) is 0.538. The number of fused-ring (bicyclic) bond motifs is 1. The number of rotatable bonds is 2. The lowest BCUT2D eigenvalue weighted by Crippen LogP contribution is -1.86. The molecule has 0 bridgehead atoms. The van der Waals surface area contributed by atoms with Crippen LogP contribution in [0.15, 0.2) is 47.4 Å². The lowest BCUT2D eigenvalue weighted by atomic mass is 10.0. The first-order valence-electron chi connectivity index (χ1n) is 7.12. The van der Waals surface area contributed by atoms with Crippen LogP contribution in [0, 0.1) is 12.7 Å². The minimum atomic E-state index is -0.615. The average Bonchev–Trinajstić information content (AvgIpc) is 3.19. The molecule has 0 aliphatic carbocycles. The third kappa shape index (κ3) is 2.29. The third-order valence-electron chi connectivity index (χ3n) is 3.88. The summed E-state index contributed by atoms with van der Waals surface area (Å²) >= 11 is 1.62. The van der Waals surface area contributed by atoms with Gasteiger partial charge in [-0.15, -0.1) is 0 Å². The topological polar surface area (TPSA) is 48.9 Å². The standard InChI is InChI=1S/C18H13FN2OS/c1-10-4-13(17(22)16(19)5-10)15-8-21-18-14(15)6-12(7-20-18)11-2-3-23-9-11/h2-9,22H,1H3,(H,20,21). The maximum Gasteiger partial charge on any atom is 0.165 e. The highest BCUT2D eigenvalue weighted by atomic mass is 32.1. The second-order valence-corrected chi connectivity index (χ2v) is 6.26. The van der Waals surface area contributed by atoms with Gasteiger partial charge in [-0.1, -0.05) is 0 Å². The number of nitrogens with zero attached hydrogens (tertiary/aromatic N) is 1. The Morgan fingerprint density at radius 2 is 2.04 bits per heavy atom. The van der Waals surface area contributed by atoms with Crippen molar-refractivity contribution in [3.8, 4) is 28.0 Å². The number of nitrogens with one attached hydrogen (secondary N) is 1. The summed E-state index contributed by atoms with van der Waals surface area (Å²) in [6.45, 7) is 1.80. The van der Waals surface area contributed by atoms with E-state index < -0.39 is 5.82 Å². The number of hydrogen-bond acceptors (Lipinski definition) is 3. The van der Waals surface area contributed by atoms with E-state index in [1.807, 2.05) is 17.5 Å². The lowest BCUT2D eigenvalue weighted by Gasteiger charge is -2.07. The van der Waals surface area contributed by atoms with Crippen LogP contribution in [0.25, 0.3) is 33.3 Å². The first-order chi connectivity index (χ1) is 11.1. The van der Waals surface area contributed by atoms with Gasteiger partial charge >= 0.3 is 0 Å². The second kappa shape index (κ2) is 5.21. The highest BCUT2D eigenvalue weighted by molar-refractivity contribution is 7.08. The molecule has 3 heterocycles. The summed E-state index contributed by atoms with van der Waals surface area (Å²) in [5.41, 5.74) is 4.76. The number of aromatic nitrogens is 2. The fourth-order valence-electron chi connectivity index (χ4n) is 2.75. The lowest BCUT2D eigenvalue weighted by molar-refractivity contribution is 0.434. The molecule has 3 aromatic heterocycles. The molecule has 0 saturated carbocycles. The molecule has 0 fully saturated rings. The van der Waals surface area contributed by atoms with E-state index >= 15 is 0 Å². The molecular formula is C18H13FN2OS. The molecule has 23 heavy (non-hydrogen) atoms. The number of thiophene rings is 1. The summed E-state index contributed by atoms with van der Waals surface area (Å²) < 4.78 is 13.9. The molecule has 0 aliphatic heterocycles. The van der Waals surface area contributed by atoms with Crippen molar-refractivity contribution in [1.29, 1.82) is 0 Å². The molecule has 0 aliphatic rings. The van der Waals surface area contributed by atoms with Gasteiger partial charge in [0.25, 0.3) is 0 Å². The van der Waals surface area contributed by atoms with Gasteiger partial charge in [-0.3, -0.25) is 0 Å². The predicted molar refractivity (Wildman–Crippen MR) is 91.2 cm³/mol. The molecule has 5 heteroatoms. The van der Waals surface area contributed by atoms with Crippen molar-refractivity contribution in [3.05, 3.63) is 58.8 Å². The van der Waals surface area contributed by atoms with Crippen LogP contribution in [-0.2, 0) is 0 Å². The van der Waals surface area contributed by atoms with Crippen LogP contribution >= 0.6 is 11.3 Å². The maximum absolute atomic E-state index is 13.9. The summed E-state index contributed by atoms with van der Waals surface area (Å²) in [7, 11) is 0. The number of halogens is 1. The van der Waals surface area contributed by atoms with E-state index in [4.69, 9.17) is 0 Å². The highest BCUT2D eigenvalue weighted by Gasteiger charge is 2.15. The number of pyridine rings is 1. The molecular weight excluding hydrogens is 311 g/mol. The molecule has 0 radical (unpaired) electrons. The van der Waals surface area contributed by atoms with Crippen molar-refractivity contribution < 1.29 is 9.50 Å². The van der Waals surface area contributed by atoms with Crippen LogP contribution in [0.5, 0.6) is 5.75 Å². The largest absolute Gasteiger partial charge is 0.504 e. The molecule has 0 spiro atoms. The molecule has 114 valence electrons. The Labute approximate surface area is 136 Å². The van der Waals surface area contributed by atoms with Crippen LogP contribution in [0.2, 0.25) is 0 Å². The minimum absolute atomic E-state index is 0.336. The normalized spacial score (nSPS) is 11.2. The smallest absolute Gasteiger partial charge is 0.165 e. The first-order valence-corrected chi connectivity index (χ1v) is 8.07. The van der Waals surface area contributed by atoms with Crippen molar-refractivity contribution in [2.75, 3.05) is 0 Å². The molecule has 1 aromatic carbocycles. The Kier molecular flexibility index (Phi) is 3.16. The van der Waals surface area contributed by atoms with Crippen molar-refractivity contribution in [2.45, 2.75) is 6.92 Å². The molecule has 4 rings (SSSR count). The Morgan fingerprint density at radius 3 is 2.83 bits per heavy atom. The van der Waals surface area contributed by atoms with Crippen molar-refractivity contribution >= 4 is 22.4 Å². The summed E-state index contributed by atoms with van der Waals surface area (Å²) in [6, 6.07) is 7.14. The number of hydrogen-bond donors (Lipinski definition) is 2.